The second-order valence-electron chi connectivity index (χ2n) is 6.64. The number of nitrogens with one attached hydrogen (secondary N) is 1. The summed E-state index contributed by atoms with van der Waals surface area (Å²) in [7, 11) is 0. The maximum Gasteiger partial charge on any atom is 0.303 e. The molecule has 0 amide bonds. The van der Waals surface area contributed by atoms with Gasteiger partial charge >= 0.3 is 5.97 Å². The van der Waals surface area contributed by atoms with Crippen molar-refractivity contribution in [2.75, 3.05) is 11.9 Å². The summed E-state index contributed by atoms with van der Waals surface area (Å²) in [5.74, 6) is -2.50. The van der Waals surface area contributed by atoms with E-state index in [1.165, 1.54) is 12.1 Å². The van der Waals surface area contributed by atoms with Crippen LogP contribution in [0.4, 0.5) is 14.6 Å². The van der Waals surface area contributed by atoms with Crippen LogP contribution in [0.3, 0.4) is 0 Å². The number of rotatable bonds is 8. The number of carboxylic acid groups (broad SMARTS) is 1. The quantitative estimate of drug-likeness (QED) is 0.658. The number of hydrogen-bond donors (Lipinski definition) is 2. The number of aliphatic carboxylic acids is 1. The molecule has 0 atom stereocenters. The van der Waals surface area contributed by atoms with Gasteiger partial charge in [-0.05, 0) is 49.1 Å². The molecule has 0 bridgehead atoms. The first-order chi connectivity index (χ1) is 13.0. The van der Waals surface area contributed by atoms with Gasteiger partial charge in [-0.3, -0.25) is 4.79 Å². The SMILES string of the molecule is O=C(O)CCCOc1c(F)cc(-c2cccnc2NC2CCCC2)cc1F. The number of halogens is 2. The van der Waals surface area contributed by atoms with Crippen molar-refractivity contribution in [1.29, 1.82) is 0 Å². The van der Waals surface area contributed by atoms with Crippen LogP contribution < -0.4 is 10.1 Å². The fraction of sp³-hybridized carbons (Fsp3) is 0.400. The number of nitrogens with zero attached hydrogens (tertiary/aromatic N) is 1. The van der Waals surface area contributed by atoms with Gasteiger partial charge < -0.3 is 15.2 Å². The van der Waals surface area contributed by atoms with Gasteiger partial charge in [-0.15, -0.1) is 0 Å². The summed E-state index contributed by atoms with van der Waals surface area (Å²) in [4.78, 5) is 14.8. The van der Waals surface area contributed by atoms with Crippen LogP contribution >= 0.6 is 0 Å². The number of hydrogen-bond acceptors (Lipinski definition) is 4. The minimum Gasteiger partial charge on any atom is -0.488 e. The van der Waals surface area contributed by atoms with Gasteiger partial charge in [0.1, 0.15) is 5.82 Å². The minimum absolute atomic E-state index is 0.0686. The number of aromatic nitrogens is 1. The van der Waals surface area contributed by atoms with Crippen molar-refractivity contribution in [1.82, 2.24) is 4.98 Å². The van der Waals surface area contributed by atoms with Crippen molar-refractivity contribution in [3.63, 3.8) is 0 Å². The molecule has 1 saturated carbocycles. The molecule has 1 fully saturated rings. The summed E-state index contributed by atoms with van der Waals surface area (Å²) in [5, 5.41) is 12.0. The fourth-order valence-corrected chi connectivity index (χ4v) is 3.27. The molecule has 0 saturated heterocycles. The zero-order valence-corrected chi connectivity index (χ0v) is 14.9. The first-order valence-electron chi connectivity index (χ1n) is 9.10. The number of benzene rings is 1. The van der Waals surface area contributed by atoms with Crippen molar-refractivity contribution in [3.8, 4) is 16.9 Å². The molecule has 5 nitrogen and oxygen atoms in total. The zero-order valence-electron chi connectivity index (χ0n) is 14.9. The molecule has 1 aromatic heterocycles. The van der Waals surface area contributed by atoms with E-state index in [0.29, 0.717) is 23.0 Å². The lowest BCUT2D eigenvalue weighted by Gasteiger charge is -2.17. The molecule has 27 heavy (non-hydrogen) atoms. The highest BCUT2D eigenvalue weighted by atomic mass is 19.1. The minimum atomic E-state index is -0.978. The van der Waals surface area contributed by atoms with E-state index in [2.05, 4.69) is 10.3 Å². The van der Waals surface area contributed by atoms with E-state index in [0.717, 1.165) is 25.7 Å². The summed E-state index contributed by atoms with van der Waals surface area (Å²) >= 11 is 0. The molecule has 3 rings (SSSR count). The third-order valence-corrected chi connectivity index (χ3v) is 4.59. The molecule has 7 heteroatoms. The van der Waals surface area contributed by atoms with E-state index in [9.17, 15) is 13.6 Å². The number of ether oxygens (including phenoxy) is 1. The summed E-state index contributed by atoms with van der Waals surface area (Å²) in [6, 6.07) is 6.25. The molecular weight excluding hydrogens is 354 g/mol. The van der Waals surface area contributed by atoms with E-state index in [4.69, 9.17) is 9.84 Å². The molecule has 1 aromatic carbocycles. The van der Waals surface area contributed by atoms with Gasteiger partial charge in [-0.25, -0.2) is 13.8 Å². The van der Waals surface area contributed by atoms with Crippen LogP contribution in [-0.4, -0.2) is 28.7 Å². The normalized spacial score (nSPS) is 14.3. The van der Waals surface area contributed by atoms with Gasteiger partial charge in [0, 0.05) is 24.2 Å². The van der Waals surface area contributed by atoms with Crippen LogP contribution in [0, 0.1) is 11.6 Å². The van der Waals surface area contributed by atoms with E-state index in [-0.39, 0.29) is 19.4 Å². The smallest absolute Gasteiger partial charge is 0.303 e. The molecule has 2 aromatic rings. The Hall–Kier alpha value is -2.70. The summed E-state index contributed by atoms with van der Waals surface area (Å²) < 4.78 is 33.9. The van der Waals surface area contributed by atoms with Crippen LogP contribution in [0.1, 0.15) is 38.5 Å². The second-order valence-corrected chi connectivity index (χ2v) is 6.64. The van der Waals surface area contributed by atoms with Gasteiger partial charge in [-0.1, -0.05) is 12.8 Å². The molecule has 0 spiro atoms. The Labute approximate surface area is 156 Å². The molecule has 2 N–H and O–H groups in total. The standard InChI is InChI=1S/C20H22F2N2O3/c21-16-11-13(12-17(22)19(16)27-10-4-8-18(25)26)15-7-3-9-23-20(15)24-14-5-1-2-6-14/h3,7,9,11-12,14H,1-2,4-6,8,10H2,(H,23,24)(H,25,26). The van der Waals surface area contributed by atoms with Gasteiger partial charge in [0.15, 0.2) is 17.4 Å². The highest BCUT2D eigenvalue weighted by Crippen LogP contribution is 2.33. The van der Waals surface area contributed by atoms with Crippen molar-refractivity contribution < 1.29 is 23.4 Å². The van der Waals surface area contributed by atoms with Crippen LogP contribution in [0.5, 0.6) is 5.75 Å². The van der Waals surface area contributed by atoms with Crippen LogP contribution in [0.2, 0.25) is 0 Å². The van der Waals surface area contributed by atoms with Crippen molar-refractivity contribution in [3.05, 3.63) is 42.1 Å². The van der Waals surface area contributed by atoms with Crippen molar-refractivity contribution in [2.24, 2.45) is 0 Å². The summed E-state index contributed by atoms with van der Waals surface area (Å²) in [6.45, 7) is -0.0686. The van der Waals surface area contributed by atoms with Crippen LogP contribution in [0.15, 0.2) is 30.5 Å². The van der Waals surface area contributed by atoms with E-state index in [1.54, 1.807) is 18.3 Å². The number of anilines is 1. The van der Waals surface area contributed by atoms with E-state index >= 15 is 0 Å². The third-order valence-electron chi connectivity index (χ3n) is 4.59. The Balaban J connectivity index is 1.78. The third kappa shape index (κ3) is 4.93. The lowest BCUT2D eigenvalue weighted by molar-refractivity contribution is -0.137. The highest BCUT2D eigenvalue weighted by molar-refractivity contribution is 5.75. The molecular formula is C20H22F2N2O3. The number of carbonyl (C=O) groups is 1. The Bertz CT molecular complexity index is 785. The van der Waals surface area contributed by atoms with Gasteiger partial charge in [-0.2, -0.15) is 0 Å². The molecule has 1 aliphatic rings. The number of carboxylic acids is 1. The first-order valence-corrected chi connectivity index (χ1v) is 9.10. The summed E-state index contributed by atoms with van der Waals surface area (Å²) in [5.41, 5.74) is 0.996. The Morgan fingerprint density at radius 2 is 1.96 bits per heavy atom. The topological polar surface area (TPSA) is 71.5 Å². The van der Waals surface area contributed by atoms with Gasteiger partial charge in [0.2, 0.25) is 0 Å². The molecule has 0 radical (unpaired) electrons. The molecule has 0 unspecified atom stereocenters. The molecule has 1 aliphatic carbocycles. The average Bonchev–Trinajstić information content (AvgIpc) is 3.13. The van der Waals surface area contributed by atoms with E-state index < -0.39 is 23.4 Å². The van der Waals surface area contributed by atoms with Crippen LogP contribution in [0.25, 0.3) is 11.1 Å². The van der Waals surface area contributed by atoms with Crippen molar-refractivity contribution >= 4 is 11.8 Å². The second kappa shape index (κ2) is 8.79. The largest absolute Gasteiger partial charge is 0.488 e. The van der Waals surface area contributed by atoms with Crippen LogP contribution in [-0.2, 0) is 4.79 Å². The Morgan fingerprint density at radius 1 is 1.26 bits per heavy atom. The summed E-state index contributed by atoms with van der Waals surface area (Å²) in [6.07, 6.45) is 6.15. The van der Waals surface area contributed by atoms with E-state index in [1.807, 2.05) is 0 Å². The predicted octanol–water partition coefficient (Wildman–Crippen LogP) is 4.62. The molecule has 1 heterocycles. The zero-order chi connectivity index (χ0) is 19.2. The fourth-order valence-electron chi connectivity index (χ4n) is 3.27. The first kappa shape index (κ1) is 19.1. The highest BCUT2D eigenvalue weighted by Gasteiger charge is 2.19. The lowest BCUT2D eigenvalue weighted by atomic mass is 10.1. The average molecular weight is 376 g/mol. The molecule has 144 valence electrons. The van der Waals surface area contributed by atoms with Crippen molar-refractivity contribution in [2.45, 2.75) is 44.6 Å². The maximum atomic E-state index is 14.4. The lowest BCUT2D eigenvalue weighted by Crippen LogP contribution is -2.16. The predicted molar refractivity (Wildman–Crippen MR) is 97.8 cm³/mol. The van der Waals surface area contributed by atoms with Gasteiger partial charge in [0.05, 0.1) is 6.61 Å². The molecule has 0 aliphatic heterocycles. The Morgan fingerprint density at radius 3 is 2.63 bits per heavy atom. The Kier molecular flexibility index (Phi) is 6.21. The monoisotopic (exact) mass is 376 g/mol. The maximum absolute atomic E-state index is 14.4. The van der Waals surface area contributed by atoms with Gasteiger partial charge in [0.25, 0.3) is 0 Å². The number of pyridine rings is 1.